The van der Waals surface area contributed by atoms with Gasteiger partial charge in [0, 0.05) is 10.1 Å². The molecule has 1 aromatic rings. The van der Waals surface area contributed by atoms with Gasteiger partial charge in [-0.05, 0) is 47.1 Å². The van der Waals surface area contributed by atoms with Crippen molar-refractivity contribution in [1.82, 2.24) is 0 Å². The van der Waals surface area contributed by atoms with Crippen LogP contribution in [0.2, 0.25) is 0 Å². The first kappa shape index (κ1) is 13.0. The van der Waals surface area contributed by atoms with Gasteiger partial charge in [0.1, 0.15) is 0 Å². The molecule has 0 saturated carbocycles. The van der Waals surface area contributed by atoms with E-state index in [4.69, 9.17) is 6.42 Å². The van der Waals surface area contributed by atoms with E-state index in [-0.39, 0.29) is 5.91 Å². The molecule has 2 nitrogen and oxygen atoms in total. The molecule has 84 valence electrons. The fourth-order valence-electron chi connectivity index (χ4n) is 1.40. The summed E-state index contributed by atoms with van der Waals surface area (Å²) >= 11 is 2.21. The Morgan fingerprint density at radius 2 is 2.19 bits per heavy atom. The Kier molecular flexibility index (Phi) is 5.33. The van der Waals surface area contributed by atoms with Gasteiger partial charge >= 0.3 is 5.91 Å². The number of halogens is 1. The summed E-state index contributed by atoms with van der Waals surface area (Å²) in [6, 6.07) is 7.76. The molecule has 0 aliphatic rings. The van der Waals surface area contributed by atoms with Crippen molar-refractivity contribution in [2.75, 3.05) is 11.4 Å². The highest BCUT2D eigenvalue weighted by atomic mass is 127. The monoisotopic (exact) mass is 327 g/mol. The van der Waals surface area contributed by atoms with Crippen LogP contribution in [0.3, 0.4) is 0 Å². The van der Waals surface area contributed by atoms with Crippen LogP contribution in [-0.2, 0) is 4.79 Å². The van der Waals surface area contributed by atoms with Gasteiger partial charge in [0.25, 0.3) is 0 Å². The smallest absolute Gasteiger partial charge is 0.301 e. The minimum atomic E-state index is -0.266. The molecule has 1 aromatic carbocycles. The quantitative estimate of drug-likeness (QED) is 0.615. The van der Waals surface area contributed by atoms with Crippen molar-refractivity contribution < 1.29 is 4.79 Å². The molecule has 0 heterocycles. The first-order valence-electron chi connectivity index (χ1n) is 5.23. The van der Waals surface area contributed by atoms with Crippen LogP contribution >= 0.6 is 22.6 Å². The lowest BCUT2D eigenvalue weighted by atomic mass is 10.2. The van der Waals surface area contributed by atoms with Crippen molar-refractivity contribution in [3.63, 3.8) is 0 Å². The van der Waals surface area contributed by atoms with Crippen LogP contribution in [0.5, 0.6) is 0 Å². The first-order chi connectivity index (χ1) is 7.70. The molecular weight excluding hydrogens is 313 g/mol. The summed E-state index contributed by atoms with van der Waals surface area (Å²) in [5.74, 6) is 1.92. The van der Waals surface area contributed by atoms with Gasteiger partial charge < -0.3 is 4.90 Å². The number of hydrogen-bond donors (Lipinski definition) is 0. The molecule has 0 spiro atoms. The minimum absolute atomic E-state index is 0.266. The van der Waals surface area contributed by atoms with Crippen LogP contribution in [0.15, 0.2) is 24.3 Å². The van der Waals surface area contributed by atoms with Crippen LogP contribution < -0.4 is 4.90 Å². The molecule has 0 N–H and O–H groups in total. The summed E-state index contributed by atoms with van der Waals surface area (Å²) in [5.41, 5.74) is 0.902. The van der Waals surface area contributed by atoms with E-state index in [0.29, 0.717) is 6.54 Å². The maximum absolute atomic E-state index is 11.7. The normalized spacial score (nSPS) is 9.56. The molecule has 0 aromatic heterocycles. The summed E-state index contributed by atoms with van der Waals surface area (Å²) in [6.07, 6.45) is 7.18. The number of benzene rings is 1. The molecule has 3 heteroatoms. The van der Waals surface area contributed by atoms with Gasteiger partial charge in [0.2, 0.25) is 0 Å². The third-order valence-corrected chi connectivity index (χ3v) is 3.16. The number of nitrogens with zero attached hydrogens (tertiary/aromatic N) is 1. The minimum Gasteiger partial charge on any atom is -0.301 e. The first-order valence-corrected chi connectivity index (χ1v) is 6.31. The Bertz CT molecular complexity index is 409. The van der Waals surface area contributed by atoms with E-state index >= 15 is 0 Å². The lowest BCUT2D eigenvalue weighted by Gasteiger charge is -2.21. The molecule has 0 aliphatic heterocycles. The highest BCUT2D eigenvalue weighted by Gasteiger charge is 2.14. The van der Waals surface area contributed by atoms with Crippen molar-refractivity contribution in [3.8, 4) is 12.3 Å². The van der Waals surface area contributed by atoms with Gasteiger partial charge in [0.15, 0.2) is 0 Å². The van der Waals surface area contributed by atoms with Gasteiger partial charge in [-0.3, -0.25) is 4.79 Å². The molecule has 0 radical (unpaired) electrons. The van der Waals surface area contributed by atoms with E-state index in [9.17, 15) is 4.79 Å². The van der Waals surface area contributed by atoms with Crippen molar-refractivity contribution in [2.24, 2.45) is 0 Å². The lowest BCUT2D eigenvalue weighted by Crippen LogP contribution is -2.31. The zero-order valence-electron chi connectivity index (χ0n) is 9.24. The number of rotatable bonds is 4. The maximum atomic E-state index is 11.7. The van der Waals surface area contributed by atoms with Crippen LogP contribution in [0.4, 0.5) is 5.69 Å². The second-order valence-corrected chi connectivity index (χ2v) is 4.57. The Hall–Kier alpha value is -1.02. The largest absolute Gasteiger partial charge is 0.302 e. The molecule has 0 unspecified atom stereocenters. The molecule has 1 amide bonds. The Morgan fingerprint density at radius 1 is 1.50 bits per heavy atom. The van der Waals surface area contributed by atoms with E-state index < -0.39 is 0 Å². The van der Waals surface area contributed by atoms with Crippen LogP contribution in [0.25, 0.3) is 0 Å². The van der Waals surface area contributed by atoms with Crippen LogP contribution in [0, 0.1) is 15.9 Å². The molecule has 0 atom stereocenters. The van der Waals surface area contributed by atoms with E-state index in [1.54, 1.807) is 4.90 Å². The van der Waals surface area contributed by atoms with Crippen molar-refractivity contribution in [2.45, 2.75) is 19.8 Å². The third-order valence-electron chi connectivity index (χ3n) is 2.25. The van der Waals surface area contributed by atoms with Crippen molar-refractivity contribution in [1.29, 1.82) is 0 Å². The SMILES string of the molecule is C#CC(=O)N(CCCC)c1ccccc1I. The highest BCUT2D eigenvalue weighted by Crippen LogP contribution is 2.22. The average Bonchev–Trinajstić information content (AvgIpc) is 2.31. The number of unbranched alkanes of at least 4 members (excludes halogenated alkanes) is 1. The fourth-order valence-corrected chi connectivity index (χ4v) is 2.07. The van der Waals surface area contributed by atoms with Crippen molar-refractivity contribution >= 4 is 34.2 Å². The molecule has 16 heavy (non-hydrogen) atoms. The van der Waals surface area contributed by atoms with E-state index in [1.165, 1.54) is 0 Å². The Morgan fingerprint density at radius 3 is 2.75 bits per heavy atom. The topological polar surface area (TPSA) is 20.3 Å². The molecule has 0 aliphatic carbocycles. The third kappa shape index (κ3) is 3.24. The summed E-state index contributed by atoms with van der Waals surface area (Å²) in [5, 5.41) is 0. The summed E-state index contributed by atoms with van der Waals surface area (Å²) < 4.78 is 1.04. The second-order valence-electron chi connectivity index (χ2n) is 3.41. The second kappa shape index (κ2) is 6.54. The van der Waals surface area contributed by atoms with Crippen molar-refractivity contribution in [3.05, 3.63) is 27.8 Å². The number of amides is 1. The number of anilines is 1. The van der Waals surface area contributed by atoms with Gasteiger partial charge in [-0.1, -0.05) is 25.5 Å². The zero-order chi connectivity index (χ0) is 12.0. The Balaban J connectivity index is 2.97. The predicted molar refractivity (Wildman–Crippen MR) is 75.3 cm³/mol. The molecule has 0 fully saturated rings. The van der Waals surface area contributed by atoms with E-state index in [0.717, 1.165) is 22.1 Å². The summed E-state index contributed by atoms with van der Waals surface area (Å²) in [7, 11) is 0. The lowest BCUT2D eigenvalue weighted by molar-refractivity contribution is -0.113. The maximum Gasteiger partial charge on any atom is 0.302 e. The number of carbonyl (C=O) groups excluding carboxylic acids is 1. The Labute approximate surface area is 110 Å². The van der Waals surface area contributed by atoms with Crippen LogP contribution in [0.1, 0.15) is 19.8 Å². The number of terminal acetylenes is 1. The van der Waals surface area contributed by atoms with Gasteiger partial charge in [0.05, 0.1) is 5.69 Å². The molecular formula is C13H14INO. The number of carbonyl (C=O) groups is 1. The van der Waals surface area contributed by atoms with Gasteiger partial charge in [-0.25, -0.2) is 0 Å². The van der Waals surface area contributed by atoms with E-state index in [1.807, 2.05) is 24.3 Å². The molecule has 1 rings (SSSR count). The number of hydrogen-bond acceptors (Lipinski definition) is 1. The van der Waals surface area contributed by atoms with E-state index in [2.05, 4.69) is 35.4 Å². The van der Waals surface area contributed by atoms with Crippen LogP contribution in [-0.4, -0.2) is 12.5 Å². The zero-order valence-corrected chi connectivity index (χ0v) is 11.4. The average molecular weight is 327 g/mol. The standard InChI is InChI=1S/C13H14INO/c1-3-5-10-15(13(16)4-2)12-9-7-6-8-11(12)14/h2,6-9H,3,5,10H2,1H3. The highest BCUT2D eigenvalue weighted by molar-refractivity contribution is 14.1. The summed E-state index contributed by atoms with van der Waals surface area (Å²) in [6.45, 7) is 2.77. The number of para-hydroxylation sites is 1. The predicted octanol–water partition coefficient (Wildman–Crippen LogP) is 3.06. The molecule has 0 saturated heterocycles. The molecule has 0 bridgehead atoms. The van der Waals surface area contributed by atoms with Gasteiger partial charge in [-0.15, -0.1) is 6.42 Å². The van der Waals surface area contributed by atoms with Gasteiger partial charge in [-0.2, -0.15) is 0 Å². The fraction of sp³-hybridized carbons (Fsp3) is 0.308. The summed E-state index contributed by atoms with van der Waals surface area (Å²) in [4.78, 5) is 13.3.